The van der Waals surface area contributed by atoms with Gasteiger partial charge < -0.3 is 15.1 Å². The summed E-state index contributed by atoms with van der Waals surface area (Å²) in [6, 6.07) is 17.2. The Morgan fingerprint density at radius 3 is 2.33 bits per heavy atom. The normalized spacial score (nSPS) is 17.7. The maximum atomic E-state index is 13.3. The summed E-state index contributed by atoms with van der Waals surface area (Å²) in [5.41, 5.74) is 2.48. The van der Waals surface area contributed by atoms with E-state index in [1.807, 2.05) is 73.6 Å². The molecule has 1 saturated carbocycles. The van der Waals surface area contributed by atoms with Crippen LogP contribution in [0.2, 0.25) is 0 Å². The first-order valence-electron chi connectivity index (χ1n) is 10.5. The molecule has 0 atom stereocenters. The number of benzene rings is 2. The Morgan fingerprint density at radius 2 is 1.70 bits per heavy atom. The predicted molar refractivity (Wildman–Crippen MR) is 120 cm³/mol. The lowest BCUT2D eigenvalue weighted by molar-refractivity contribution is -0.134. The van der Waals surface area contributed by atoms with Crippen LogP contribution in [0.25, 0.3) is 0 Å². The molecule has 156 valence electrons. The second kappa shape index (κ2) is 8.30. The van der Waals surface area contributed by atoms with Gasteiger partial charge in [-0.2, -0.15) is 0 Å². The monoisotopic (exact) mass is 404 g/mol. The molecule has 6 heteroatoms. The summed E-state index contributed by atoms with van der Waals surface area (Å²) in [6.45, 7) is 0.00803. The minimum Gasteiger partial charge on any atom is -0.378 e. The average Bonchev–Trinajstić information content (AvgIpc) is 3.01. The standard InChI is InChI=1S/C24H28N4O2/c1-27(2)20-13-11-19(12-14-20)25-21(29)17-28-23(30)22(18-9-5-3-6-10-18)26-24(28)15-7-4-8-16-24/h3,5-6,9-14H,4,7-8,15-17H2,1-2H3,(H,25,29). The first-order valence-corrected chi connectivity index (χ1v) is 10.5. The highest BCUT2D eigenvalue weighted by Gasteiger charge is 2.48. The molecule has 0 radical (unpaired) electrons. The van der Waals surface area contributed by atoms with E-state index in [4.69, 9.17) is 4.99 Å². The van der Waals surface area contributed by atoms with E-state index in [1.165, 1.54) is 0 Å². The third-order valence-corrected chi connectivity index (χ3v) is 5.94. The topological polar surface area (TPSA) is 65.0 Å². The fourth-order valence-electron chi connectivity index (χ4n) is 4.32. The Balaban J connectivity index is 1.53. The second-order valence-electron chi connectivity index (χ2n) is 8.25. The highest BCUT2D eigenvalue weighted by Crippen LogP contribution is 2.39. The van der Waals surface area contributed by atoms with Gasteiger partial charge in [0, 0.05) is 31.0 Å². The van der Waals surface area contributed by atoms with Crippen LogP contribution in [0.3, 0.4) is 0 Å². The number of nitrogens with one attached hydrogen (secondary N) is 1. The first kappa shape index (κ1) is 20.1. The van der Waals surface area contributed by atoms with Gasteiger partial charge in [-0.3, -0.25) is 14.6 Å². The van der Waals surface area contributed by atoms with E-state index in [2.05, 4.69) is 5.32 Å². The Kier molecular flexibility index (Phi) is 5.57. The fraction of sp³-hybridized carbons (Fsp3) is 0.375. The van der Waals surface area contributed by atoms with Gasteiger partial charge in [0.2, 0.25) is 5.91 Å². The molecular formula is C24H28N4O2. The van der Waals surface area contributed by atoms with Crippen LogP contribution in [0.15, 0.2) is 59.6 Å². The van der Waals surface area contributed by atoms with Crippen molar-refractivity contribution in [2.45, 2.75) is 37.8 Å². The van der Waals surface area contributed by atoms with E-state index in [1.54, 1.807) is 4.90 Å². The van der Waals surface area contributed by atoms with Crippen LogP contribution >= 0.6 is 0 Å². The van der Waals surface area contributed by atoms with Crippen LogP contribution in [0.5, 0.6) is 0 Å². The van der Waals surface area contributed by atoms with Gasteiger partial charge in [0.1, 0.15) is 17.9 Å². The third-order valence-electron chi connectivity index (χ3n) is 5.94. The lowest BCUT2D eigenvalue weighted by Gasteiger charge is -2.38. The number of hydrogen-bond acceptors (Lipinski definition) is 4. The molecule has 1 heterocycles. The number of aliphatic imine (C=N–C) groups is 1. The van der Waals surface area contributed by atoms with Crippen molar-refractivity contribution in [3.8, 4) is 0 Å². The Bertz CT molecular complexity index is 945. The summed E-state index contributed by atoms with van der Waals surface area (Å²) in [6.07, 6.45) is 4.79. The molecule has 2 aromatic rings. The number of hydrogen-bond donors (Lipinski definition) is 1. The minimum absolute atomic E-state index is 0.00803. The molecule has 2 aliphatic rings. The molecule has 0 saturated heterocycles. The van der Waals surface area contributed by atoms with Gasteiger partial charge in [-0.25, -0.2) is 0 Å². The van der Waals surface area contributed by atoms with Crippen molar-refractivity contribution in [2.24, 2.45) is 4.99 Å². The summed E-state index contributed by atoms with van der Waals surface area (Å²) in [4.78, 5) is 34.7. The van der Waals surface area contributed by atoms with E-state index >= 15 is 0 Å². The number of nitrogens with zero attached hydrogens (tertiary/aromatic N) is 3. The van der Waals surface area contributed by atoms with Gasteiger partial charge in [-0.1, -0.05) is 36.8 Å². The summed E-state index contributed by atoms with van der Waals surface area (Å²) < 4.78 is 0. The molecule has 0 unspecified atom stereocenters. The van der Waals surface area contributed by atoms with Crippen molar-refractivity contribution in [2.75, 3.05) is 30.9 Å². The molecule has 2 aromatic carbocycles. The van der Waals surface area contributed by atoms with Crippen molar-refractivity contribution in [1.29, 1.82) is 0 Å². The van der Waals surface area contributed by atoms with E-state index in [9.17, 15) is 9.59 Å². The van der Waals surface area contributed by atoms with Gasteiger partial charge in [-0.15, -0.1) is 0 Å². The van der Waals surface area contributed by atoms with Crippen molar-refractivity contribution < 1.29 is 9.59 Å². The van der Waals surface area contributed by atoms with E-state index < -0.39 is 5.66 Å². The summed E-state index contributed by atoms with van der Waals surface area (Å²) in [7, 11) is 3.95. The predicted octanol–water partition coefficient (Wildman–Crippen LogP) is 3.68. The van der Waals surface area contributed by atoms with Gasteiger partial charge in [0.25, 0.3) is 5.91 Å². The minimum atomic E-state index is -0.591. The summed E-state index contributed by atoms with van der Waals surface area (Å²) in [5.74, 6) is -0.350. The average molecular weight is 405 g/mol. The van der Waals surface area contributed by atoms with Crippen molar-refractivity contribution in [3.63, 3.8) is 0 Å². The number of carbonyl (C=O) groups is 2. The maximum absolute atomic E-state index is 13.3. The lowest BCUT2D eigenvalue weighted by atomic mass is 9.88. The molecule has 30 heavy (non-hydrogen) atoms. The largest absolute Gasteiger partial charge is 0.378 e. The molecule has 0 aromatic heterocycles. The summed E-state index contributed by atoms with van der Waals surface area (Å²) >= 11 is 0. The quantitative estimate of drug-likeness (QED) is 0.827. The SMILES string of the molecule is CN(C)c1ccc(NC(=O)CN2C(=O)C(c3ccccc3)=NC23CCCCC3)cc1. The Morgan fingerprint density at radius 1 is 1.03 bits per heavy atom. The number of anilines is 2. The zero-order valence-electron chi connectivity index (χ0n) is 17.6. The van der Waals surface area contributed by atoms with Gasteiger partial charge in [-0.05, 0) is 49.9 Å². The van der Waals surface area contributed by atoms with Gasteiger partial charge >= 0.3 is 0 Å². The molecule has 6 nitrogen and oxygen atoms in total. The summed E-state index contributed by atoms with van der Waals surface area (Å²) in [5, 5.41) is 2.93. The van der Waals surface area contributed by atoms with Crippen LogP contribution in [-0.4, -0.2) is 48.7 Å². The Hall–Kier alpha value is -3.15. The molecule has 1 aliphatic heterocycles. The third kappa shape index (κ3) is 3.95. The van der Waals surface area contributed by atoms with Crippen LogP contribution in [0, 0.1) is 0 Å². The van der Waals surface area contributed by atoms with Crippen LogP contribution in [0.1, 0.15) is 37.7 Å². The van der Waals surface area contributed by atoms with E-state index in [-0.39, 0.29) is 18.4 Å². The number of rotatable bonds is 5. The molecule has 1 fully saturated rings. The Labute approximate surface area is 177 Å². The van der Waals surface area contributed by atoms with Gasteiger partial charge in [0.15, 0.2) is 0 Å². The molecule has 0 bridgehead atoms. The maximum Gasteiger partial charge on any atom is 0.275 e. The van der Waals surface area contributed by atoms with Crippen molar-refractivity contribution >= 4 is 28.9 Å². The highest BCUT2D eigenvalue weighted by atomic mass is 16.2. The molecule has 1 spiro atoms. The smallest absolute Gasteiger partial charge is 0.275 e. The lowest BCUT2D eigenvalue weighted by Crippen LogP contribution is -2.51. The number of carbonyl (C=O) groups excluding carboxylic acids is 2. The van der Waals surface area contributed by atoms with Gasteiger partial charge in [0.05, 0.1) is 0 Å². The highest BCUT2D eigenvalue weighted by molar-refractivity contribution is 6.47. The van der Waals surface area contributed by atoms with Crippen molar-refractivity contribution in [1.82, 2.24) is 4.90 Å². The van der Waals surface area contributed by atoms with Crippen LogP contribution in [0.4, 0.5) is 11.4 Å². The second-order valence-corrected chi connectivity index (χ2v) is 8.25. The first-order chi connectivity index (χ1) is 14.5. The van der Waals surface area contributed by atoms with Crippen LogP contribution < -0.4 is 10.2 Å². The fourth-order valence-corrected chi connectivity index (χ4v) is 4.32. The molecule has 4 rings (SSSR count). The molecule has 1 N–H and O–H groups in total. The zero-order chi connectivity index (χ0) is 21.1. The van der Waals surface area contributed by atoms with E-state index in [0.29, 0.717) is 5.71 Å². The molecule has 2 amide bonds. The molecular weight excluding hydrogens is 376 g/mol. The number of amides is 2. The van der Waals surface area contributed by atoms with Crippen molar-refractivity contribution in [3.05, 3.63) is 60.2 Å². The zero-order valence-corrected chi connectivity index (χ0v) is 17.6. The molecule has 1 aliphatic carbocycles. The van der Waals surface area contributed by atoms with Crippen LogP contribution in [-0.2, 0) is 9.59 Å². The van der Waals surface area contributed by atoms with E-state index in [0.717, 1.165) is 49.0 Å².